The minimum Gasteiger partial charge on any atom is -0.263 e. The van der Waals surface area contributed by atoms with Crippen LogP contribution in [-0.4, -0.2) is 35.1 Å². The van der Waals surface area contributed by atoms with Gasteiger partial charge in [0.25, 0.3) is 5.95 Å². The van der Waals surface area contributed by atoms with E-state index in [0.29, 0.717) is 12.5 Å². The van der Waals surface area contributed by atoms with Crippen molar-refractivity contribution in [1.29, 1.82) is 0 Å². The molecule has 2 heterocycles. The van der Waals surface area contributed by atoms with Crippen molar-refractivity contribution in [3.63, 3.8) is 0 Å². The Morgan fingerprint density at radius 3 is 2.24 bits per heavy atom. The van der Waals surface area contributed by atoms with Crippen LogP contribution in [0.1, 0.15) is 28.1 Å². The van der Waals surface area contributed by atoms with Gasteiger partial charge in [0.05, 0.1) is 17.1 Å². The van der Waals surface area contributed by atoms with Crippen molar-refractivity contribution in [1.82, 2.24) is 14.8 Å². The monoisotopic (exact) mass is 457 g/mol. The van der Waals surface area contributed by atoms with Gasteiger partial charge in [0.1, 0.15) is 11.5 Å². The van der Waals surface area contributed by atoms with Gasteiger partial charge in [-0.3, -0.25) is 4.57 Å². The van der Waals surface area contributed by atoms with E-state index in [9.17, 15) is 8.42 Å². The highest BCUT2D eigenvalue weighted by Crippen LogP contribution is 2.30. The van der Waals surface area contributed by atoms with Crippen LogP contribution in [0.15, 0.2) is 82.8 Å². The van der Waals surface area contributed by atoms with Gasteiger partial charge in [-0.05, 0) is 37.6 Å². The van der Waals surface area contributed by atoms with Crippen LogP contribution in [-0.2, 0) is 16.4 Å². The standard InChI is InChI=1S/C25H23N5O2S/c1-17-8-12-20(13-9-17)24-22-6-4-5-7-23(22)30-18(2)26-27-25(30)29(28-24)16-19-10-14-21(15-11-19)33(3,31)32/h4-15H,16H2,1-3H3. The molecule has 0 radical (unpaired) electrons. The molecular weight excluding hydrogens is 434 g/mol. The molecule has 0 spiro atoms. The Morgan fingerprint density at radius 1 is 0.848 bits per heavy atom. The predicted molar refractivity (Wildman–Crippen MR) is 129 cm³/mol. The summed E-state index contributed by atoms with van der Waals surface area (Å²) in [5.74, 6) is 1.37. The first-order chi connectivity index (χ1) is 15.8. The average molecular weight is 458 g/mol. The Morgan fingerprint density at radius 2 is 1.55 bits per heavy atom. The first kappa shape index (κ1) is 21.1. The zero-order chi connectivity index (χ0) is 23.2. The van der Waals surface area contributed by atoms with E-state index in [2.05, 4.69) is 47.5 Å². The van der Waals surface area contributed by atoms with Gasteiger partial charge in [-0.1, -0.05) is 60.2 Å². The number of benzene rings is 3. The Bertz CT molecular complexity index is 1470. The first-order valence-corrected chi connectivity index (χ1v) is 12.4. The zero-order valence-electron chi connectivity index (χ0n) is 18.6. The number of sulfone groups is 1. The number of hydrazone groups is 1. The number of rotatable bonds is 4. The molecule has 33 heavy (non-hydrogen) atoms. The first-order valence-electron chi connectivity index (χ1n) is 10.6. The summed E-state index contributed by atoms with van der Waals surface area (Å²) in [5.41, 5.74) is 5.87. The highest BCUT2D eigenvalue weighted by atomic mass is 32.2. The van der Waals surface area contributed by atoms with Gasteiger partial charge in [0.2, 0.25) is 0 Å². The molecular formula is C25H23N5O2S. The molecule has 1 aliphatic rings. The Hall–Kier alpha value is -3.78. The summed E-state index contributed by atoms with van der Waals surface area (Å²) in [7, 11) is -3.26. The maximum absolute atomic E-state index is 11.8. The molecule has 7 nitrogen and oxygen atoms in total. The SMILES string of the molecule is Cc1ccc(C2=NN(Cc3ccc(S(C)(=O)=O)cc3)c3nnc(C)n3-c3ccccc32)cc1. The van der Waals surface area contributed by atoms with E-state index in [1.165, 1.54) is 11.8 Å². The fraction of sp³-hybridized carbons (Fsp3) is 0.160. The van der Waals surface area contributed by atoms with Crippen molar-refractivity contribution < 1.29 is 8.42 Å². The summed E-state index contributed by atoms with van der Waals surface area (Å²) in [6.07, 6.45) is 1.21. The molecule has 5 rings (SSSR count). The second-order valence-electron chi connectivity index (χ2n) is 8.19. The van der Waals surface area contributed by atoms with Crippen LogP contribution in [0, 0.1) is 13.8 Å². The molecule has 3 aromatic carbocycles. The molecule has 0 aliphatic carbocycles. The van der Waals surface area contributed by atoms with Crippen molar-refractivity contribution in [3.8, 4) is 5.69 Å². The Labute approximate surface area is 192 Å². The minimum absolute atomic E-state index is 0.289. The lowest BCUT2D eigenvalue weighted by molar-refractivity contribution is 0.602. The molecule has 0 saturated carbocycles. The molecule has 166 valence electrons. The van der Waals surface area contributed by atoms with Crippen LogP contribution in [0.2, 0.25) is 0 Å². The summed E-state index contributed by atoms with van der Waals surface area (Å²) in [6, 6.07) is 23.3. The molecule has 1 aliphatic heterocycles. The highest BCUT2D eigenvalue weighted by Gasteiger charge is 2.26. The van der Waals surface area contributed by atoms with Crippen LogP contribution >= 0.6 is 0 Å². The van der Waals surface area contributed by atoms with Gasteiger partial charge in [-0.15, -0.1) is 10.2 Å². The van der Waals surface area contributed by atoms with Crippen molar-refractivity contribution in [2.75, 3.05) is 11.3 Å². The minimum atomic E-state index is -3.26. The van der Waals surface area contributed by atoms with Gasteiger partial charge in [0.15, 0.2) is 9.84 Å². The fourth-order valence-electron chi connectivity index (χ4n) is 3.93. The smallest absolute Gasteiger partial charge is 0.252 e. The number of fused-ring (bicyclic) bond motifs is 3. The summed E-state index contributed by atoms with van der Waals surface area (Å²) in [4.78, 5) is 0.289. The lowest BCUT2D eigenvalue weighted by Crippen LogP contribution is -2.20. The lowest BCUT2D eigenvalue weighted by atomic mass is 9.99. The number of para-hydroxylation sites is 1. The molecule has 0 N–H and O–H groups in total. The zero-order valence-corrected chi connectivity index (χ0v) is 19.4. The van der Waals surface area contributed by atoms with E-state index in [-0.39, 0.29) is 4.90 Å². The number of aryl methyl sites for hydroxylation is 2. The van der Waals surface area contributed by atoms with Crippen molar-refractivity contribution >= 4 is 21.5 Å². The van der Waals surface area contributed by atoms with E-state index in [1.54, 1.807) is 12.1 Å². The average Bonchev–Trinajstić information content (AvgIpc) is 3.12. The normalized spacial score (nSPS) is 13.2. The number of nitrogens with zero attached hydrogens (tertiary/aromatic N) is 5. The van der Waals surface area contributed by atoms with Gasteiger partial charge in [0, 0.05) is 17.4 Å². The Kier molecular flexibility index (Phi) is 5.09. The molecule has 0 fully saturated rings. The van der Waals surface area contributed by atoms with Crippen LogP contribution in [0.3, 0.4) is 0 Å². The lowest BCUT2D eigenvalue weighted by Gasteiger charge is -2.18. The second-order valence-corrected chi connectivity index (χ2v) is 10.2. The number of aromatic nitrogens is 3. The third-order valence-corrected chi connectivity index (χ3v) is 6.80. The number of hydrogen-bond donors (Lipinski definition) is 0. The van der Waals surface area contributed by atoms with E-state index in [4.69, 9.17) is 5.10 Å². The number of hydrogen-bond acceptors (Lipinski definition) is 6. The van der Waals surface area contributed by atoms with Crippen LogP contribution < -0.4 is 5.01 Å². The van der Waals surface area contributed by atoms with Crippen molar-refractivity contribution in [2.24, 2.45) is 5.10 Å². The highest BCUT2D eigenvalue weighted by molar-refractivity contribution is 7.90. The van der Waals surface area contributed by atoms with Crippen LogP contribution in [0.25, 0.3) is 5.69 Å². The predicted octanol–water partition coefficient (Wildman–Crippen LogP) is 4.06. The summed E-state index contributed by atoms with van der Waals surface area (Å²) in [6.45, 7) is 4.39. The summed E-state index contributed by atoms with van der Waals surface area (Å²) < 4.78 is 25.7. The Balaban J connectivity index is 1.66. The topological polar surface area (TPSA) is 80.5 Å². The van der Waals surface area contributed by atoms with E-state index < -0.39 is 9.84 Å². The van der Waals surface area contributed by atoms with Crippen LogP contribution in [0.4, 0.5) is 5.95 Å². The fourth-order valence-corrected chi connectivity index (χ4v) is 4.56. The molecule has 0 atom stereocenters. The number of anilines is 1. The molecule has 0 bridgehead atoms. The van der Waals surface area contributed by atoms with Crippen molar-refractivity contribution in [3.05, 3.63) is 101 Å². The van der Waals surface area contributed by atoms with E-state index in [0.717, 1.165) is 33.9 Å². The van der Waals surface area contributed by atoms with Gasteiger partial charge in [-0.25, -0.2) is 13.4 Å². The summed E-state index contributed by atoms with van der Waals surface area (Å²) >= 11 is 0. The largest absolute Gasteiger partial charge is 0.263 e. The van der Waals surface area contributed by atoms with Gasteiger partial charge in [-0.2, -0.15) is 5.10 Å². The van der Waals surface area contributed by atoms with Crippen LogP contribution in [0.5, 0.6) is 0 Å². The maximum Gasteiger partial charge on any atom is 0.252 e. The van der Waals surface area contributed by atoms with Gasteiger partial charge < -0.3 is 0 Å². The molecule has 1 aromatic heterocycles. The molecule has 0 saturated heterocycles. The maximum atomic E-state index is 11.8. The van der Waals surface area contributed by atoms with E-state index in [1.807, 2.05) is 46.8 Å². The third kappa shape index (κ3) is 3.93. The molecule has 4 aromatic rings. The van der Waals surface area contributed by atoms with E-state index >= 15 is 0 Å². The molecule has 0 amide bonds. The second kappa shape index (κ2) is 7.97. The van der Waals surface area contributed by atoms with Gasteiger partial charge >= 0.3 is 0 Å². The van der Waals surface area contributed by atoms with Crippen molar-refractivity contribution in [2.45, 2.75) is 25.3 Å². The quantitative estimate of drug-likeness (QED) is 0.462. The molecule has 8 heteroatoms. The molecule has 0 unspecified atom stereocenters. The summed E-state index contributed by atoms with van der Waals surface area (Å²) in [5, 5.41) is 15.6. The third-order valence-electron chi connectivity index (χ3n) is 5.67.